The number of aliphatic imine (C=N–C) groups is 1. The van der Waals surface area contributed by atoms with Gasteiger partial charge in [0, 0.05) is 17.7 Å². The summed E-state index contributed by atoms with van der Waals surface area (Å²) in [5.74, 6) is 0.0406. The quantitative estimate of drug-likeness (QED) is 0.349. The maximum Gasteiger partial charge on any atom is 0.351 e. The number of guanidine groups is 1. The van der Waals surface area contributed by atoms with Gasteiger partial charge in [-0.1, -0.05) is 5.16 Å². The van der Waals surface area contributed by atoms with Crippen LogP contribution in [0.3, 0.4) is 0 Å². The summed E-state index contributed by atoms with van der Waals surface area (Å²) < 4.78 is 4.77. The van der Waals surface area contributed by atoms with Crippen molar-refractivity contribution in [2.45, 2.75) is 0 Å². The van der Waals surface area contributed by atoms with Gasteiger partial charge >= 0.3 is 6.01 Å². The van der Waals surface area contributed by atoms with Crippen molar-refractivity contribution in [3.63, 3.8) is 0 Å². The van der Waals surface area contributed by atoms with Crippen LogP contribution >= 0.6 is 0 Å². The molecule has 9 nitrogen and oxygen atoms in total. The molecular weight excluding hydrogens is 240 g/mol. The lowest BCUT2D eigenvalue weighted by Crippen LogP contribution is -2.21. The Labute approximate surface area is 100 Å². The van der Waals surface area contributed by atoms with Crippen molar-refractivity contribution in [2.75, 3.05) is 0 Å². The molecular formula is C9H8N6O3. The van der Waals surface area contributed by atoms with Gasteiger partial charge in [-0.05, 0) is 12.1 Å². The molecule has 1 aromatic carbocycles. The molecule has 0 aliphatic rings. The Morgan fingerprint density at radius 2 is 2.00 bits per heavy atom. The molecule has 0 aliphatic heterocycles. The first-order chi connectivity index (χ1) is 8.56. The van der Waals surface area contributed by atoms with Gasteiger partial charge in [-0.25, -0.2) is 0 Å². The number of nitrogens with zero attached hydrogens (tertiary/aromatic N) is 4. The number of nitro benzene ring substituents is 1. The van der Waals surface area contributed by atoms with Crippen molar-refractivity contribution in [3.05, 3.63) is 34.4 Å². The summed E-state index contributed by atoms with van der Waals surface area (Å²) in [6, 6.07) is 5.60. The van der Waals surface area contributed by atoms with Crippen molar-refractivity contribution in [2.24, 2.45) is 16.5 Å². The largest absolute Gasteiger partial charge is 0.370 e. The molecule has 9 heteroatoms. The molecule has 2 rings (SSSR count). The standard InChI is InChI=1S/C9H8N6O3/c10-8(11)13-9-12-7(14-18-9)5-1-3-6(4-2-5)15(16)17/h1-4H,(H4,10,11,12,13,14). The van der Waals surface area contributed by atoms with Crippen molar-refractivity contribution in [3.8, 4) is 11.4 Å². The van der Waals surface area contributed by atoms with E-state index in [2.05, 4.69) is 15.1 Å². The zero-order valence-corrected chi connectivity index (χ0v) is 8.98. The third kappa shape index (κ3) is 2.40. The lowest BCUT2D eigenvalue weighted by molar-refractivity contribution is -0.384. The van der Waals surface area contributed by atoms with Gasteiger partial charge in [-0.3, -0.25) is 10.1 Å². The molecule has 0 saturated carbocycles. The van der Waals surface area contributed by atoms with Crippen molar-refractivity contribution >= 4 is 17.7 Å². The molecule has 92 valence electrons. The summed E-state index contributed by atoms with van der Waals surface area (Å²) in [5, 5.41) is 14.1. The Balaban J connectivity index is 2.29. The van der Waals surface area contributed by atoms with E-state index in [-0.39, 0.29) is 23.5 Å². The van der Waals surface area contributed by atoms with Crippen molar-refractivity contribution < 1.29 is 9.45 Å². The molecule has 0 saturated heterocycles. The Morgan fingerprint density at radius 3 is 2.56 bits per heavy atom. The SMILES string of the molecule is NC(N)=Nc1nc(-c2ccc([N+](=O)[O-])cc2)no1. The van der Waals surface area contributed by atoms with Crippen LogP contribution in [0.1, 0.15) is 0 Å². The van der Waals surface area contributed by atoms with Gasteiger partial charge in [-0.2, -0.15) is 9.98 Å². The molecule has 0 unspecified atom stereocenters. The second-order valence-electron chi connectivity index (χ2n) is 3.24. The third-order valence-corrected chi connectivity index (χ3v) is 1.98. The summed E-state index contributed by atoms with van der Waals surface area (Å²) in [4.78, 5) is 17.5. The van der Waals surface area contributed by atoms with Crippen LogP contribution in [0.4, 0.5) is 11.7 Å². The van der Waals surface area contributed by atoms with Crippen LogP contribution in [0.5, 0.6) is 0 Å². The average molecular weight is 248 g/mol. The number of benzene rings is 1. The first kappa shape index (κ1) is 11.5. The molecule has 0 bridgehead atoms. The predicted octanol–water partition coefficient (Wildman–Crippen LogP) is 0.550. The Morgan fingerprint density at radius 1 is 1.33 bits per heavy atom. The molecule has 18 heavy (non-hydrogen) atoms. The van der Waals surface area contributed by atoms with Crippen LogP contribution in [0.15, 0.2) is 33.8 Å². The second-order valence-corrected chi connectivity index (χ2v) is 3.24. The van der Waals surface area contributed by atoms with Gasteiger partial charge < -0.3 is 16.0 Å². The topological polar surface area (TPSA) is 146 Å². The van der Waals surface area contributed by atoms with Gasteiger partial charge in [0.15, 0.2) is 5.96 Å². The number of nitrogens with two attached hydrogens (primary N) is 2. The highest BCUT2D eigenvalue weighted by Crippen LogP contribution is 2.21. The van der Waals surface area contributed by atoms with Crippen LogP contribution in [-0.2, 0) is 0 Å². The monoisotopic (exact) mass is 248 g/mol. The highest BCUT2D eigenvalue weighted by Gasteiger charge is 2.10. The number of nitro groups is 1. The highest BCUT2D eigenvalue weighted by molar-refractivity contribution is 5.77. The first-order valence-electron chi connectivity index (χ1n) is 4.74. The molecule has 0 spiro atoms. The van der Waals surface area contributed by atoms with E-state index < -0.39 is 4.92 Å². The van der Waals surface area contributed by atoms with E-state index in [0.29, 0.717) is 5.56 Å². The summed E-state index contributed by atoms with van der Waals surface area (Å²) in [5.41, 5.74) is 10.8. The number of hydrogen-bond donors (Lipinski definition) is 2. The van der Waals surface area contributed by atoms with E-state index >= 15 is 0 Å². The maximum absolute atomic E-state index is 10.5. The minimum Gasteiger partial charge on any atom is -0.370 e. The van der Waals surface area contributed by atoms with Gasteiger partial charge in [0.1, 0.15) is 0 Å². The highest BCUT2D eigenvalue weighted by atomic mass is 16.6. The Hall–Kier alpha value is -2.97. The summed E-state index contributed by atoms with van der Waals surface area (Å²) >= 11 is 0. The zero-order valence-electron chi connectivity index (χ0n) is 8.98. The fourth-order valence-electron chi connectivity index (χ4n) is 1.22. The van der Waals surface area contributed by atoms with Gasteiger partial charge in [-0.15, -0.1) is 0 Å². The van der Waals surface area contributed by atoms with E-state index in [1.165, 1.54) is 24.3 Å². The van der Waals surface area contributed by atoms with E-state index in [9.17, 15) is 10.1 Å². The Bertz CT molecular complexity index is 599. The van der Waals surface area contributed by atoms with Crippen LogP contribution in [-0.4, -0.2) is 21.0 Å². The summed E-state index contributed by atoms with van der Waals surface area (Å²) in [7, 11) is 0. The molecule has 0 amide bonds. The summed E-state index contributed by atoms with van der Waals surface area (Å²) in [6.45, 7) is 0. The minimum atomic E-state index is -0.495. The fourth-order valence-corrected chi connectivity index (χ4v) is 1.22. The smallest absolute Gasteiger partial charge is 0.351 e. The zero-order chi connectivity index (χ0) is 13.1. The molecule has 0 aliphatic carbocycles. The second kappa shape index (κ2) is 4.49. The van der Waals surface area contributed by atoms with Gasteiger partial charge in [0.05, 0.1) is 4.92 Å². The van der Waals surface area contributed by atoms with Gasteiger partial charge in [0.2, 0.25) is 5.82 Å². The molecule has 4 N–H and O–H groups in total. The van der Waals surface area contributed by atoms with Crippen LogP contribution < -0.4 is 11.5 Å². The van der Waals surface area contributed by atoms with E-state index in [4.69, 9.17) is 16.0 Å². The van der Waals surface area contributed by atoms with E-state index in [0.717, 1.165) is 0 Å². The molecule has 0 radical (unpaired) electrons. The van der Waals surface area contributed by atoms with E-state index in [1.54, 1.807) is 0 Å². The molecule has 1 heterocycles. The van der Waals surface area contributed by atoms with Crippen molar-refractivity contribution in [1.29, 1.82) is 0 Å². The third-order valence-electron chi connectivity index (χ3n) is 1.98. The fraction of sp³-hybridized carbons (Fsp3) is 0. The average Bonchev–Trinajstić information content (AvgIpc) is 2.76. The van der Waals surface area contributed by atoms with Crippen LogP contribution in [0.2, 0.25) is 0 Å². The Kier molecular flexibility index (Phi) is 2.87. The maximum atomic E-state index is 10.5. The number of hydrogen-bond acceptors (Lipinski definition) is 6. The first-order valence-corrected chi connectivity index (χ1v) is 4.74. The molecule has 0 atom stereocenters. The number of rotatable bonds is 3. The number of non-ortho nitro benzene ring substituents is 1. The van der Waals surface area contributed by atoms with Crippen LogP contribution in [0, 0.1) is 10.1 Å². The lowest BCUT2D eigenvalue weighted by atomic mass is 10.2. The van der Waals surface area contributed by atoms with Crippen molar-refractivity contribution in [1.82, 2.24) is 10.1 Å². The van der Waals surface area contributed by atoms with Crippen LogP contribution in [0.25, 0.3) is 11.4 Å². The lowest BCUT2D eigenvalue weighted by Gasteiger charge is -1.93. The normalized spacial score (nSPS) is 10.0. The van der Waals surface area contributed by atoms with Gasteiger partial charge in [0.25, 0.3) is 5.69 Å². The summed E-state index contributed by atoms with van der Waals surface area (Å²) in [6.07, 6.45) is 0. The predicted molar refractivity (Wildman–Crippen MR) is 61.9 cm³/mol. The molecule has 1 aromatic heterocycles. The number of aromatic nitrogens is 2. The van der Waals surface area contributed by atoms with E-state index in [1.807, 2.05) is 0 Å². The molecule has 2 aromatic rings. The minimum absolute atomic E-state index is 0.0216. The molecule has 0 fully saturated rings.